The Morgan fingerprint density at radius 2 is 1.79 bits per heavy atom. The number of fused-ring (bicyclic) bond motifs is 3. The van der Waals surface area contributed by atoms with Gasteiger partial charge in [0.05, 0.1) is 29.2 Å². The fraction of sp³-hybridized carbons (Fsp3) is 0.318. The first kappa shape index (κ1) is 23.0. The molecule has 174 valence electrons. The van der Waals surface area contributed by atoms with Crippen LogP contribution in [0.15, 0.2) is 41.4 Å². The summed E-state index contributed by atoms with van der Waals surface area (Å²) in [6.45, 7) is 3.89. The lowest BCUT2D eigenvalue weighted by Crippen LogP contribution is -2.68. The number of amides is 1. The van der Waals surface area contributed by atoms with Crippen LogP contribution in [0.25, 0.3) is 5.57 Å². The molecule has 7 N–H and O–H groups in total. The zero-order chi connectivity index (χ0) is 24.7. The zero-order valence-electron chi connectivity index (χ0n) is 17.5. The summed E-state index contributed by atoms with van der Waals surface area (Å²) in [5, 5.41) is 55.1. The number of carbonyl (C=O) groups excluding carboxylic acids is 3. The number of aliphatic hydroxyl groups is 4. The number of phenols is 1. The number of likely N-dealkylation sites (N-methyl/N-ethyl adjacent to an activating group) is 1. The predicted molar refractivity (Wildman–Crippen MR) is 115 cm³/mol. The van der Waals surface area contributed by atoms with Crippen molar-refractivity contribution < 1.29 is 39.9 Å². The van der Waals surface area contributed by atoms with Gasteiger partial charge in [-0.3, -0.25) is 19.3 Å². The number of benzene rings is 1. The van der Waals surface area contributed by atoms with Gasteiger partial charge in [0.1, 0.15) is 22.8 Å². The molecule has 4 rings (SSSR count). The van der Waals surface area contributed by atoms with Crippen LogP contribution < -0.4 is 5.73 Å². The lowest BCUT2D eigenvalue weighted by atomic mass is 9.56. The molecule has 0 bridgehead atoms. The summed E-state index contributed by atoms with van der Waals surface area (Å²) in [4.78, 5) is 39.8. The topological polar surface area (TPSA) is 182 Å². The van der Waals surface area contributed by atoms with E-state index in [4.69, 9.17) is 17.3 Å². The van der Waals surface area contributed by atoms with Crippen LogP contribution in [0.3, 0.4) is 0 Å². The van der Waals surface area contributed by atoms with Gasteiger partial charge in [-0.15, -0.1) is 0 Å². The Bertz CT molecular complexity index is 1230. The second kappa shape index (κ2) is 7.16. The largest absolute Gasteiger partial charge is 0.510 e. The van der Waals surface area contributed by atoms with E-state index in [1.807, 2.05) is 0 Å². The molecule has 0 saturated carbocycles. The number of rotatable bonds is 2. The van der Waals surface area contributed by atoms with Crippen LogP contribution in [0, 0.1) is 11.8 Å². The second-order valence-corrected chi connectivity index (χ2v) is 8.96. The maximum absolute atomic E-state index is 13.4. The lowest BCUT2D eigenvalue weighted by molar-refractivity contribution is -0.159. The number of Topliss-reactive ketones (excluding diaryl/α,β-unsaturated/α-hetero) is 2. The molecular weight excluding hydrogens is 456 g/mol. The van der Waals surface area contributed by atoms with Crippen LogP contribution in [-0.2, 0) is 9.59 Å². The first-order chi connectivity index (χ1) is 15.3. The number of halogens is 1. The highest BCUT2D eigenvalue weighted by molar-refractivity contribution is 6.34. The molecule has 3 aliphatic carbocycles. The van der Waals surface area contributed by atoms with E-state index >= 15 is 0 Å². The standard InChI is InChI=1S/C22H21ClN2O8/c1-6-9-7(23)4-5-8(26)11(9)16(27)12-10(6)17(28)14-15(25(2)3)18(29)13(21(24)32)20(31)22(14,33)19(12)30/h4-5,10,14-15,17,26,28-30,33H,1H2,2-3H3,(H2,24,32)/t10-,14+,15+,17+,22+/m1/s1. The van der Waals surface area contributed by atoms with Gasteiger partial charge in [0.15, 0.2) is 11.4 Å². The van der Waals surface area contributed by atoms with E-state index in [1.165, 1.54) is 25.1 Å². The molecule has 0 saturated heterocycles. The number of aromatic hydroxyl groups is 1. The normalized spacial score (nSPS) is 31.5. The number of hydrogen-bond acceptors (Lipinski definition) is 9. The van der Waals surface area contributed by atoms with Crippen molar-refractivity contribution in [1.82, 2.24) is 4.90 Å². The van der Waals surface area contributed by atoms with Crippen molar-refractivity contribution in [1.29, 1.82) is 0 Å². The molecule has 5 atom stereocenters. The quantitative estimate of drug-likeness (QED) is 0.325. The predicted octanol–water partition coefficient (Wildman–Crippen LogP) is 0.216. The lowest BCUT2D eigenvalue weighted by Gasteiger charge is -2.52. The Morgan fingerprint density at radius 1 is 1.18 bits per heavy atom. The molecule has 0 radical (unpaired) electrons. The highest BCUT2D eigenvalue weighted by Crippen LogP contribution is 2.55. The maximum Gasteiger partial charge on any atom is 0.255 e. The molecule has 0 unspecified atom stereocenters. The number of nitrogens with two attached hydrogens (primary N) is 1. The number of ketones is 2. The van der Waals surface area contributed by atoms with E-state index in [2.05, 4.69) is 6.58 Å². The van der Waals surface area contributed by atoms with E-state index in [0.717, 1.165) is 6.07 Å². The van der Waals surface area contributed by atoms with Gasteiger partial charge < -0.3 is 31.3 Å². The van der Waals surface area contributed by atoms with E-state index in [-0.39, 0.29) is 21.7 Å². The Hall–Kier alpha value is -3.18. The van der Waals surface area contributed by atoms with Crippen LogP contribution in [-0.4, -0.2) is 79.7 Å². The second-order valence-electron chi connectivity index (χ2n) is 8.56. The molecule has 3 aliphatic rings. The van der Waals surface area contributed by atoms with Crippen LogP contribution >= 0.6 is 11.6 Å². The molecular formula is C22H21ClN2O8. The fourth-order valence-corrected chi connectivity index (χ4v) is 5.55. The van der Waals surface area contributed by atoms with E-state index in [9.17, 15) is 39.9 Å². The van der Waals surface area contributed by atoms with Crippen LogP contribution in [0.5, 0.6) is 5.75 Å². The molecule has 0 fully saturated rings. The summed E-state index contributed by atoms with van der Waals surface area (Å²) in [5.74, 6) is -9.17. The third kappa shape index (κ3) is 2.69. The van der Waals surface area contributed by atoms with Crippen LogP contribution in [0.4, 0.5) is 0 Å². The highest BCUT2D eigenvalue weighted by atomic mass is 35.5. The molecule has 0 spiro atoms. The van der Waals surface area contributed by atoms with Crippen molar-refractivity contribution in [3.8, 4) is 5.75 Å². The zero-order valence-corrected chi connectivity index (χ0v) is 18.3. The minimum absolute atomic E-state index is 0.0498. The van der Waals surface area contributed by atoms with Crippen molar-refractivity contribution in [2.24, 2.45) is 17.6 Å². The number of carbonyl (C=O) groups is 3. The number of phenolic OH excluding ortho intramolecular Hbond substituents is 1. The van der Waals surface area contributed by atoms with Crippen molar-refractivity contribution in [2.45, 2.75) is 17.7 Å². The highest BCUT2D eigenvalue weighted by Gasteiger charge is 2.67. The number of primary amides is 1. The average Bonchev–Trinajstić information content (AvgIpc) is 2.72. The molecule has 1 aromatic carbocycles. The summed E-state index contributed by atoms with van der Waals surface area (Å²) in [6.07, 6.45) is -1.75. The first-order valence-corrected chi connectivity index (χ1v) is 10.2. The Balaban J connectivity index is 2.09. The Kier molecular flexibility index (Phi) is 4.99. The van der Waals surface area contributed by atoms with Gasteiger partial charge in [0.2, 0.25) is 5.78 Å². The van der Waals surface area contributed by atoms with Gasteiger partial charge in [0.25, 0.3) is 5.91 Å². The SMILES string of the molecule is C=C1c2c(Cl)ccc(O)c2C(=O)C2=C(O)[C@]3(O)C(=O)C(C(N)=O)=C(O)[C@@H](N(C)C)[C@H]3[C@@H](O)[C@H]12. The van der Waals surface area contributed by atoms with Crippen LogP contribution in [0.2, 0.25) is 5.02 Å². The van der Waals surface area contributed by atoms with Crippen LogP contribution in [0.1, 0.15) is 15.9 Å². The van der Waals surface area contributed by atoms with Gasteiger partial charge >= 0.3 is 0 Å². The van der Waals surface area contributed by atoms with Gasteiger partial charge in [-0.1, -0.05) is 18.2 Å². The summed E-state index contributed by atoms with van der Waals surface area (Å²) < 4.78 is 0. The minimum atomic E-state index is -2.97. The molecule has 11 heteroatoms. The van der Waals surface area contributed by atoms with Gasteiger partial charge in [0, 0.05) is 16.5 Å². The Labute approximate surface area is 192 Å². The van der Waals surface area contributed by atoms with Gasteiger partial charge in [-0.05, 0) is 31.8 Å². The van der Waals surface area contributed by atoms with Gasteiger partial charge in [-0.2, -0.15) is 0 Å². The molecule has 33 heavy (non-hydrogen) atoms. The summed E-state index contributed by atoms with van der Waals surface area (Å²) >= 11 is 6.24. The van der Waals surface area contributed by atoms with Crippen molar-refractivity contribution in [3.05, 3.63) is 57.5 Å². The number of aliphatic hydroxyl groups excluding tert-OH is 3. The van der Waals surface area contributed by atoms with E-state index in [0.29, 0.717) is 0 Å². The third-order valence-corrected chi connectivity index (χ3v) is 6.99. The number of nitrogens with zero attached hydrogens (tertiary/aromatic N) is 1. The summed E-state index contributed by atoms with van der Waals surface area (Å²) in [5.41, 5.74) is 0.528. The fourth-order valence-electron chi connectivity index (χ4n) is 5.27. The molecule has 0 heterocycles. The smallest absolute Gasteiger partial charge is 0.255 e. The summed E-state index contributed by atoms with van der Waals surface area (Å²) in [6, 6.07) is 1.13. The van der Waals surface area contributed by atoms with E-state index in [1.54, 1.807) is 0 Å². The average molecular weight is 477 g/mol. The van der Waals surface area contributed by atoms with Crippen molar-refractivity contribution in [2.75, 3.05) is 14.1 Å². The molecule has 0 aliphatic heterocycles. The van der Waals surface area contributed by atoms with E-state index < -0.39 is 75.5 Å². The Morgan fingerprint density at radius 3 is 2.33 bits per heavy atom. The molecule has 1 aromatic rings. The first-order valence-electron chi connectivity index (χ1n) is 9.81. The van der Waals surface area contributed by atoms with Crippen molar-refractivity contribution >= 4 is 34.6 Å². The summed E-state index contributed by atoms with van der Waals surface area (Å²) in [7, 11) is 2.90. The molecule has 0 aromatic heterocycles. The minimum Gasteiger partial charge on any atom is -0.510 e. The third-order valence-electron chi connectivity index (χ3n) is 6.67. The molecule has 10 nitrogen and oxygen atoms in total. The maximum atomic E-state index is 13.4. The van der Waals surface area contributed by atoms with Crippen molar-refractivity contribution in [3.63, 3.8) is 0 Å². The molecule has 1 amide bonds. The van der Waals surface area contributed by atoms with Gasteiger partial charge in [-0.25, -0.2) is 0 Å². The number of hydrogen-bond donors (Lipinski definition) is 6. The monoisotopic (exact) mass is 476 g/mol.